The predicted molar refractivity (Wildman–Crippen MR) is 104 cm³/mol. The summed E-state index contributed by atoms with van der Waals surface area (Å²) < 4.78 is 12.0. The fraction of sp³-hybridized carbons (Fsp3) is 0.278. The molecule has 0 spiro atoms. The number of aromatic nitrogens is 4. The Hall–Kier alpha value is -3.14. The second-order valence-corrected chi connectivity index (χ2v) is 6.75. The fourth-order valence-electron chi connectivity index (χ4n) is 2.46. The van der Waals surface area contributed by atoms with Gasteiger partial charge in [0.2, 0.25) is 5.88 Å². The summed E-state index contributed by atoms with van der Waals surface area (Å²) in [7, 11) is 1.30. The van der Waals surface area contributed by atoms with Crippen molar-refractivity contribution in [3.05, 3.63) is 48.3 Å². The Kier molecular flexibility index (Phi) is 6.43. The molecule has 0 aliphatic heterocycles. The number of hydrogen-bond acceptors (Lipinski definition) is 8. The zero-order valence-corrected chi connectivity index (χ0v) is 16.2. The van der Waals surface area contributed by atoms with Gasteiger partial charge in [-0.05, 0) is 42.7 Å². The van der Waals surface area contributed by atoms with E-state index in [-0.39, 0.29) is 5.91 Å². The van der Waals surface area contributed by atoms with Crippen LogP contribution in [0, 0.1) is 0 Å². The molecule has 9 nitrogen and oxygen atoms in total. The first kappa shape index (κ1) is 19.6. The van der Waals surface area contributed by atoms with Crippen LogP contribution in [-0.4, -0.2) is 56.8 Å². The fourth-order valence-corrected chi connectivity index (χ4v) is 2.93. The lowest BCUT2D eigenvalue weighted by Crippen LogP contribution is -2.41. The summed E-state index contributed by atoms with van der Waals surface area (Å²) in [5.74, 6) is 0.634. The molecule has 2 aromatic heterocycles. The number of benzene rings is 1. The summed E-state index contributed by atoms with van der Waals surface area (Å²) in [6, 6.07) is 9.30. The van der Waals surface area contributed by atoms with Crippen LogP contribution >= 0.6 is 11.8 Å². The van der Waals surface area contributed by atoms with E-state index in [2.05, 4.69) is 20.6 Å². The first-order chi connectivity index (χ1) is 13.6. The number of methoxy groups -OCH3 is 1. The normalized spacial score (nSPS) is 11.8. The molecule has 0 radical (unpaired) electrons. The Morgan fingerprint density at radius 1 is 1.29 bits per heavy atom. The van der Waals surface area contributed by atoms with Crippen LogP contribution in [0.4, 0.5) is 0 Å². The van der Waals surface area contributed by atoms with Crippen molar-refractivity contribution >= 4 is 29.3 Å². The van der Waals surface area contributed by atoms with E-state index in [4.69, 9.17) is 9.47 Å². The van der Waals surface area contributed by atoms with Gasteiger partial charge < -0.3 is 14.8 Å². The Labute approximate surface area is 165 Å². The summed E-state index contributed by atoms with van der Waals surface area (Å²) >= 11 is 1.59. The Morgan fingerprint density at radius 2 is 2.14 bits per heavy atom. The molecule has 0 saturated heterocycles. The number of hydrogen-bond donors (Lipinski definition) is 1. The van der Waals surface area contributed by atoms with E-state index < -0.39 is 12.0 Å². The molecule has 146 valence electrons. The third-order valence-electron chi connectivity index (χ3n) is 3.86. The van der Waals surface area contributed by atoms with E-state index in [1.807, 2.05) is 6.26 Å². The van der Waals surface area contributed by atoms with Crippen molar-refractivity contribution in [2.24, 2.45) is 0 Å². The summed E-state index contributed by atoms with van der Waals surface area (Å²) in [5.41, 5.74) is 0.959. The van der Waals surface area contributed by atoms with Gasteiger partial charge in [-0.3, -0.25) is 4.79 Å². The molecule has 0 aliphatic rings. The molecular weight excluding hydrogens is 382 g/mol. The van der Waals surface area contributed by atoms with Crippen LogP contribution in [0.25, 0.3) is 5.65 Å². The van der Waals surface area contributed by atoms with Gasteiger partial charge in [0.25, 0.3) is 5.91 Å². The lowest BCUT2D eigenvalue weighted by molar-refractivity contribution is -0.142. The number of carbonyl (C=O) groups is 2. The lowest BCUT2D eigenvalue weighted by Gasteiger charge is -2.16. The number of fused-ring (bicyclic) bond motifs is 1. The van der Waals surface area contributed by atoms with Gasteiger partial charge in [0.1, 0.15) is 18.1 Å². The Bertz CT molecular complexity index is 977. The lowest BCUT2D eigenvalue weighted by atomic mass is 10.1. The van der Waals surface area contributed by atoms with Crippen LogP contribution in [0.2, 0.25) is 0 Å². The monoisotopic (exact) mass is 401 g/mol. The standard InChI is InChI=1S/C18H19N5O4S/c1-26-18(25)14(8-9-28-2)20-17(24)12-4-3-5-13(10-12)27-16-7-6-15-21-19-11-23(15)22-16/h3-7,10-11,14H,8-9H2,1-2H3,(H,20,24). The van der Waals surface area contributed by atoms with Crippen molar-refractivity contribution in [3.8, 4) is 11.6 Å². The number of rotatable bonds is 8. The molecule has 2 heterocycles. The number of esters is 1. The SMILES string of the molecule is COC(=O)C(CCSC)NC(=O)c1cccc(Oc2ccc3nncn3n2)c1. The summed E-state index contributed by atoms with van der Waals surface area (Å²) in [6.45, 7) is 0. The van der Waals surface area contributed by atoms with Crippen molar-refractivity contribution in [2.45, 2.75) is 12.5 Å². The van der Waals surface area contributed by atoms with Crippen LogP contribution in [0.15, 0.2) is 42.7 Å². The smallest absolute Gasteiger partial charge is 0.328 e. The van der Waals surface area contributed by atoms with Gasteiger partial charge in [-0.25, -0.2) is 4.79 Å². The van der Waals surface area contributed by atoms with Crippen molar-refractivity contribution in [1.29, 1.82) is 0 Å². The number of carbonyl (C=O) groups excluding carboxylic acids is 2. The molecule has 0 bridgehead atoms. The van der Waals surface area contributed by atoms with Gasteiger partial charge in [-0.2, -0.15) is 16.3 Å². The summed E-state index contributed by atoms with van der Waals surface area (Å²) in [6.07, 6.45) is 3.88. The quantitative estimate of drug-likeness (QED) is 0.571. The molecule has 28 heavy (non-hydrogen) atoms. The maximum Gasteiger partial charge on any atom is 0.328 e. The molecule has 0 saturated carbocycles. The van der Waals surface area contributed by atoms with Gasteiger partial charge >= 0.3 is 5.97 Å². The second-order valence-electron chi connectivity index (χ2n) is 5.77. The van der Waals surface area contributed by atoms with Crippen molar-refractivity contribution in [3.63, 3.8) is 0 Å². The zero-order chi connectivity index (χ0) is 19.9. The van der Waals surface area contributed by atoms with Crippen LogP contribution in [-0.2, 0) is 9.53 Å². The molecule has 1 amide bonds. The highest BCUT2D eigenvalue weighted by atomic mass is 32.2. The molecule has 1 aromatic carbocycles. The van der Waals surface area contributed by atoms with E-state index in [1.165, 1.54) is 18.0 Å². The minimum absolute atomic E-state index is 0.331. The third kappa shape index (κ3) is 4.77. The summed E-state index contributed by atoms with van der Waals surface area (Å²) in [5, 5.41) is 14.6. The van der Waals surface area contributed by atoms with Crippen molar-refractivity contribution in [1.82, 2.24) is 25.1 Å². The molecule has 3 aromatic rings. The highest BCUT2D eigenvalue weighted by molar-refractivity contribution is 7.98. The number of nitrogens with zero attached hydrogens (tertiary/aromatic N) is 4. The first-order valence-corrected chi connectivity index (χ1v) is 9.82. The van der Waals surface area contributed by atoms with Crippen molar-refractivity contribution in [2.75, 3.05) is 19.1 Å². The van der Waals surface area contributed by atoms with Gasteiger partial charge in [0, 0.05) is 11.6 Å². The molecule has 1 N–H and O–H groups in total. The molecule has 3 rings (SSSR count). The number of amides is 1. The van der Waals surface area contributed by atoms with Gasteiger partial charge in [0.05, 0.1) is 7.11 Å². The zero-order valence-electron chi connectivity index (χ0n) is 15.4. The van der Waals surface area contributed by atoms with E-state index in [9.17, 15) is 9.59 Å². The Balaban J connectivity index is 1.72. The Morgan fingerprint density at radius 3 is 2.93 bits per heavy atom. The maximum absolute atomic E-state index is 12.6. The largest absolute Gasteiger partial charge is 0.467 e. The first-order valence-electron chi connectivity index (χ1n) is 8.43. The molecule has 0 fully saturated rings. The van der Waals surface area contributed by atoms with Gasteiger partial charge in [0.15, 0.2) is 5.65 Å². The maximum atomic E-state index is 12.6. The predicted octanol–water partition coefficient (Wildman–Crippen LogP) is 1.94. The number of thioether (sulfide) groups is 1. The summed E-state index contributed by atoms with van der Waals surface area (Å²) in [4.78, 5) is 24.5. The molecule has 1 atom stereocenters. The molecule has 0 aliphatic carbocycles. The molecular formula is C18H19N5O4S. The van der Waals surface area contributed by atoms with Crippen LogP contribution in [0.3, 0.4) is 0 Å². The number of ether oxygens (including phenoxy) is 2. The minimum atomic E-state index is -0.702. The molecule has 10 heteroatoms. The van der Waals surface area contributed by atoms with Gasteiger partial charge in [-0.15, -0.1) is 15.3 Å². The van der Waals surface area contributed by atoms with Crippen LogP contribution in [0.5, 0.6) is 11.6 Å². The van der Waals surface area contributed by atoms with Gasteiger partial charge in [-0.1, -0.05) is 6.07 Å². The molecule has 1 unspecified atom stereocenters. The highest BCUT2D eigenvalue weighted by Gasteiger charge is 2.22. The topological polar surface area (TPSA) is 108 Å². The average molecular weight is 401 g/mol. The van der Waals surface area contributed by atoms with E-state index in [0.717, 1.165) is 5.75 Å². The average Bonchev–Trinajstić information content (AvgIpc) is 3.18. The minimum Gasteiger partial charge on any atom is -0.467 e. The van der Waals surface area contributed by atoms with Crippen molar-refractivity contribution < 1.29 is 19.1 Å². The second kappa shape index (κ2) is 9.18. The van der Waals surface area contributed by atoms with Crippen LogP contribution < -0.4 is 10.1 Å². The third-order valence-corrected chi connectivity index (χ3v) is 4.50. The highest BCUT2D eigenvalue weighted by Crippen LogP contribution is 2.20. The van der Waals surface area contributed by atoms with Crippen LogP contribution in [0.1, 0.15) is 16.8 Å². The number of nitrogens with one attached hydrogen (secondary N) is 1. The van der Waals surface area contributed by atoms with E-state index >= 15 is 0 Å². The van der Waals surface area contributed by atoms with E-state index in [1.54, 1.807) is 48.2 Å². The van der Waals surface area contributed by atoms with E-state index in [0.29, 0.717) is 29.3 Å².